The van der Waals surface area contributed by atoms with Crippen molar-refractivity contribution in [3.63, 3.8) is 0 Å². The van der Waals surface area contributed by atoms with E-state index in [1.54, 1.807) is 6.20 Å². The number of carbonyl (C=O) groups excluding carboxylic acids is 2. The molecule has 9 heteroatoms. The van der Waals surface area contributed by atoms with Crippen LogP contribution in [0.25, 0.3) is 0 Å². The zero-order valence-corrected chi connectivity index (χ0v) is 21.1. The van der Waals surface area contributed by atoms with E-state index >= 15 is 0 Å². The first-order chi connectivity index (χ1) is 17.7. The lowest BCUT2D eigenvalue weighted by Crippen LogP contribution is -2.38. The number of ether oxygens (including phenoxy) is 1. The molecule has 5 rings (SSSR count). The first-order valence-electron chi connectivity index (χ1n) is 12.5. The Balaban J connectivity index is 1.14. The van der Waals surface area contributed by atoms with Gasteiger partial charge in [0.2, 0.25) is 5.91 Å². The van der Waals surface area contributed by atoms with Gasteiger partial charge < -0.3 is 19.9 Å². The van der Waals surface area contributed by atoms with Gasteiger partial charge in [0.05, 0.1) is 29.6 Å². The van der Waals surface area contributed by atoms with Crippen LogP contribution in [0.4, 0.5) is 11.4 Å². The van der Waals surface area contributed by atoms with Crippen LogP contribution < -0.4 is 10.2 Å². The number of hydrogen-bond donors (Lipinski definition) is 1. The third-order valence-electron chi connectivity index (χ3n) is 6.81. The number of piperidine rings is 1. The van der Waals surface area contributed by atoms with Crippen LogP contribution in [0.15, 0.2) is 54.2 Å². The Morgan fingerprint density at radius 1 is 1.06 bits per heavy atom. The van der Waals surface area contributed by atoms with Gasteiger partial charge in [-0.3, -0.25) is 14.6 Å². The first-order valence-corrected chi connectivity index (χ1v) is 13.4. The van der Waals surface area contributed by atoms with Crippen LogP contribution in [-0.2, 0) is 16.0 Å². The van der Waals surface area contributed by atoms with Crippen molar-refractivity contribution in [2.75, 3.05) is 49.6 Å². The predicted octanol–water partition coefficient (Wildman–Crippen LogP) is 3.97. The lowest BCUT2D eigenvalue weighted by molar-refractivity contribution is -0.132. The van der Waals surface area contributed by atoms with E-state index in [9.17, 15) is 9.59 Å². The van der Waals surface area contributed by atoms with E-state index < -0.39 is 0 Å². The fourth-order valence-electron chi connectivity index (χ4n) is 4.76. The number of pyridine rings is 1. The van der Waals surface area contributed by atoms with Gasteiger partial charge in [0.25, 0.3) is 5.91 Å². The number of benzene rings is 1. The van der Waals surface area contributed by atoms with Crippen molar-refractivity contribution in [3.8, 4) is 0 Å². The van der Waals surface area contributed by atoms with Gasteiger partial charge in [-0.2, -0.15) is 0 Å². The van der Waals surface area contributed by atoms with Crippen LogP contribution in [0.3, 0.4) is 0 Å². The SMILES string of the molecule is O=C(Nc1ccccc1N1CCOCC1)c1csc(C2CCN(C(=O)CCc3cccnc3)CC2)n1. The van der Waals surface area contributed by atoms with Gasteiger partial charge >= 0.3 is 0 Å². The molecule has 1 N–H and O–H groups in total. The molecule has 8 nitrogen and oxygen atoms in total. The number of nitrogens with one attached hydrogen (secondary N) is 1. The van der Waals surface area contributed by atoms with Crippen molar-refractivity contribution in [3.05, 3.63) is 70.4 Å². The van der Waals surface area contributed by atoms with Crippen LogP contribution in [-0.4, -0.2) is 66.1 Å². The molecular weight excluding hydrogens is 474 g/mol. The summed E-state index contributed by atoms with van der Waals surface area (Å²) in [6.07, 6.45) is 6.52. The number of anilines is 2. The largest absolute Gasteiger partial charge is 0.378 e. The summed E-state index contributed by atoms with van der Waals surface area (Å²) < 4.78 is 5.46. The molecule has 4 heterocycles. The number of aromatic nitrogens is 2. The summed E-state index contributed by atoms with van der Waals surface area (Å²) in [4.78, 5) is 38.6. The molecule has 0 atom stereocenters. The molecule has 36 heavy (non-hydrogen) atoms. The lowest BCUT2D eigenvalue weighted by Gasteiger charge is -2.31. The van der Waals surface area contributed by atoms with E-state index in [1.165, 1.54) is 11.3 Å². The minimum atomic E-state index is -0.193. The van der Waals surface area contributed by atoms with E-state index in [4.69, 9.17) is 4.74 Å². The normalized spacial score (nSPS) is 16.7. The highest BCUT2D eigenvalue weighted by atomic mass is 32.1. The maximum atomic E-state index is 13.0. The smallest absolute Gasteiger partial charge is 0.275 e. The molecule has 0 saturated carbocycles. The number of thiazole rings is 1. The molecule has 0 bridgehead atoms. The Hall–Kier alpha value is -3.30. The van der Waals surface area contributed by atoms with Crippen LogP contribution in [0.2, 0.25) is 0 Å². The Morgan fingerprint density at radius 3 is 2.64 bits per heavy atom. The molecule has 2 aliphatic heterocycles. The van der Waals surface area contributed by atoms with Crippen LogP contribution in [0, 0.1) is 0 Å². The summed E-state index contributed by atoms with van der Waals surface area (Å²) in [6, 6.07) is 11.8. The molecule has 2 fully saturated rings. The number of morpholine rings is 1. The number of rotatable bonds is 7. The standard InChI is InChI=1S/C27H31N5O3S/c33-25(8-7-20-4-3-11-28-18-20)32-12-9-21(10-13-32)27-30-23(19-36-27)26(34)29-22-5-1-2-6-24(22)31-14-16-35-17-15-31/h1-6,11,18-19,21H,7-10,12-17H2,(H,29,34). The second-order valence-corrected chi connectivity index (χ2v) is 10.0. The number of likely N-dealkylation sites (tertiary alicyclic amines) is 1. The third-order valence-corrected chi connectivity index (χ3v) is 7.81. The number of nitrogens with zero attached hydrogens (tertiary/aromatic N) is 4. The van der Waals surface area contributed by atoms with Gasteiger partial charge in [0, 0.05) is 56.3 Å². The molecule has 188 valence electrons. The minimum absolute atomic E-state index is 0.190. The van der Waals surface area contributed by atoms with Gasteiger partial charge in [-0.25, -0.2) is 4.98 Å². The van der Waals surface area contributed by atoms with E-state index in [2.05, 4.69) is 20.2 Å². The van der Waals surface area contributed by atoms with Gasteiger partial charge in [0.1, 0.15) is 5.69 Å². The van der Waals surface area contributed by atoms with E-state index in [0.29, 0.717) is 31.7 Å². The second kappa shape index (κ2) is 11.6. The Morgan fingerprint density at radius 2 is 1.86 bits per heavy atom. The molecule has 0 unspecified atom stereocenters. The zero-order valence-electron chi connectivity index (χ0n) is 20.3. The van der Waals surface area contributed by atoms with Crippen molar-refractivity contribution in [1.29, 1.82) is 0 Å². The third kappa shape index (κ3) is 5.91. The molecule has 3 aromatic rings. The van der Waals surface area contributed by atoms with Crippen molar-refractivity contribution in [2.24, 2.45) is 0 Å². The van der Waals surface area contributed by atoms with Gasteiger partial charge in [-0.15, -0.1) is 11.3 Å². The second-order valence-electron chi connectivity index (χ2n) is 9.16. The molecule has 0 aliphatic carbocycles. The highest BCUT2D eigenvalue weighted by Crippen LogP contribution is 2.31. The van der Waals surface area contributed by atoms with E-state index in [1.807, 2.05) is 52.9 Å². The molecule has 1 aromatic carbocycles. The summed E-state index contributed by atoms with van der Waals surface area (Å²) in [5, 5.41) is 5.87. The number of carbonyl (C=O) groups is 2. The van der Waals surface area contributed by atoms with Gasteiger partial charge in [-0.1, -0.05) is 18.2 Å². The van der Waals surface area contributed by atoms with Crippen LogP contribution in [0.5, 0.6) is 0 Å². The summed E-state index contributed by atoms with van der Waals surface area (Å²) in [5.41, 5.74) is 3.32. The number of para-hydroxylation sites is 2. The Bertz CT molecular complexity index is 1170. The summed E-state index contributed by atoms with van der Waals surface area (Å²) in [5.74, 6) is 0.274. The lowest BCUT2D eigenvalue weighted by atomic mass is 9.97. The summed E-state index contributed by atoms with van der Waals surface area (Å²) >= 11 is 1.54. The van der Waals surface area contributed by atoms with Crippen molar-refractivity contribution in [1.82, 2.24) is 14.9 Å². The highest BCUT2D eigenvalue weighted by molar-refractivity contribution is 7.10. The molecule has 0 spiro atoms. The molecule has 2 aromatic heterocycles. The minimum Gasteiger partial charge on any atom is -0.378 e. The Labute approximate surface area is 215 Å². The molecule has 2 saturated heterocycles. The highest BCUT2D eigenvalue weighted by Gasteiger charge is 2.26. The number of hydrogen-bond acceptors (Lipinski definition) is 7. The fourth-order valence-corrected chi connectivity index (χ4v) is 5.73. The first kappa shape index (κ1) is 24.4. The zero-order chi connectivity index (χ0) is 24.7. The monoisotopic (exact) mass is 505 g/mol. The van der Waals surface area contributed by atoms with Gasteiger partial charge in [0.15, 0.2) is 0 Å². The average Bonchev–Trinajstić information content (AvgIpc) is 3.44. The van der Waals surface area contributed by atoms with Gasteiger partial charge in [-0.05, 0) is 43.0 Å². The molecular formula is C27H31N5O3S. The van der Waals surface area contributed by atoms with Crippen LogP contribution >= 0.6 is 11.3 Å². The van der Waals surface area contributed by atoms with Crippen molar-refractivity contribution < 1.29 is 14.3 Å². The number of amides is 2. The Kier molecular flexibility index (Phi) is 7.88. The quantitative estimate of drug-likeness (QED) is 0.523. The van der Waals surface area contributed by atoms with E-state index in [-0.39, 0.29) is 17.7 Å². The maximum absolute atomic E-state index is 13.0. The average molecular weight is 506 g/mol. The maximum Gasteiger partial charge on any atom is 0.275 e. The summed E-state index contributed by atoms with van der Waals surface area (Å²) in [7, 11) is 0. The molecule has 2 aliphatic rings. The number of aryl methyl sites for hydroxylation is 1. The summed E-state index contributed by atoms with van der Waals surface area (Å²) in [6.45, 7) is 4.44. The van der Waals surface area contributed by atoms with E-state index in [0.717, 1.165) is 61.0 Å². The topological polar surface area (TPSA) is 87.7 Å². The predicted molar refractivity (Wildman–Crippen MR) is 141 cm³/mol. The fraction of sp³-hybridized carbons (Fsp3) is 0.407. The molecule has 0 radical (unpaired) electrons. The van der Waals surface area contributed by atoms with Crippen molar-refractivity contribution >= 4 is 34.5 Å². The van der Waals surface area contributed by atoms with Crippen molar-refractivity contribution in [2.45, 2.75) is 31.6 Å². The molecule has 2 amide bonds. The van der Waals surface area contributed by atoms with Crippen LogP contribution in [0.1, 0.15) is 46.2 Å².